The highest BCUT2D eigenvalue weighted by atomic mass is 16.6. The van der Waals surface area contributed by atoms with Crippen LogP contribution in [-0.2, 0) is 4.74 Å². The highest BCUT2D eigenvalue weighted by Crippen LogP contribution is 2.51. The Bertz CT molecular complexity index is 1940. The van der Waals surface area contributed by atoms with Crippen molar-refractivity contribution in [2.45, 2.75) is 12.2 Å². The standard InChI is InChI=1S/C38H28N2O/c1-4-13-27(14-5-1)37-38(41-37)28-15-12-20-31(25-28)40-35-22-11-10-21-33(35)34-26-32(23-24-36(34)40)39(29-16-6-2-7-17-29)30-18-8-3-9-19-30/h1-26,37-38H. The van der Waals surface area contributed by atoms with E-state index in [0.717, 1.165) is 22.7 Å². The third kappa shape index (κ3) is 4.19. The molecule has 1 saturated heterocycles. The van der Waals surface area contributed by atoms with E-state index in [1.807, 2.05) is 6.07 Å². The first-order chi connectivity index (χ1) is 20.3. The van der Waals surface area contributed by atoms with Gasteiger partial charge >= 0.3 is 0 Å². The molecule has 2 atom stereocenters. The fourth-order valence-corrected chi connectivity index (χ4v) is 6.08. The van der Waals surface area contributed by atoms with Crippen molar-refractivity contribution in [3.05, 3.63) is 169 Å². The van der Waals surface area contributed by atoms with Gasteiger partial charge in [0.05, 0.1) is 11.0 Å². The molecule has 2 heterocycles. The van der Waals surface area contributed by atoms with Crippen molar-refractivity contribution in [1.82, 2.24) is 4.57 Å². The molecule has 2 unspecified atom stereocenters. The van der Waals surface area contributed by atoms with Crippen molar-refractivity contribution >= 4 is 38.9 Å². The number of aromatic nitrogens is 1. The Morgan fingerprint density at radius 3 is 1.76 bits per heavy atom. The van der Waals surface area contributed by atoms with E-state index in [9.17, 15) is 0 Å². The van der Waals surface area contributed by atoms with Crippen LogP contribution < -0.4 is 4.90 Å². The van der Waals surface area contributed by atoms with E-state index in [4.69, 9.17) is 4.74 Å². The van der Waals surface area contributed by atoms with Crippen LogP contribution in [0.5, 0.6) is 0 Å². The van der Waals surface area contributed by atoms with Crippen LogP contribution in [-0.4, -0.2) is 4.57 Å². The summed E-state index contributed by atoms with van der Waals surface area (Å²) in [6, 6.07) is 56.0. The molecule has 1 aromatic heterocycles. The molecule has 0 amide bonds. The number of nitrogens with zero attached hydrogens (tertiary/aromatic N) is 2. The number of fused-ring (bicyclic) bond motifs is 3. The number of hydrogen-bond acceptors (Lipinski definition) is 2. The third-order valence-corrected chi connectivity index (χ3v) is 8.02. The third-order valence-electron chi connectivity index (χ3n) is 8.02. The van der Waals surface area contributed by atoms with E-state index in [1.165, 1.54) is 32.9 Å². The van der Waals surface area contributed by atoms with Crippen molar-refractivity contribution in [2.75, 3.05) is 4.90 Å². The summed E-state index contributed by atoms with van der Waals surface area (Å²) in [5, 5.41) is 2.46. The zero-order chi connectivity index (χ0) is 27.2. The Balaban J connectivity index is 1.26. The van der Waals surface area contributed by atoms with E-state index >= 15 is 0 Å². The molecule has 0 bridgehead atoms. The molecule has 0 N–H and O–H groups in total. The minimum absolute atomic E-state index is 0.0855. The summed E-state index contributed by atoms with van der Waals surface area (Å²) in [6.45, 7) is 0. The van der Waals surface area contributed by atoms with Gasteiger partial charge in [0, 0.05) is 33.5 Å². The van der Waals surface area contributed by atoms with Gasteiger partial charge in [-0.1, -0.05) is 97.1 Å². The van der Waals surface area contributed by atoms with Gasteiger partial charge in [-0.05, 0) is 71.8 Å². The quantitative estimate of drug-likeness (QED) is 0.200. The summed E-state index contributed by atoms with van der Waals surface area (Å²) in [6.07, 6.45) is 0.205. The van der Waals surface area contributed by atoms with E-state index in [1.54, 1.807) is 0 Å². The Morgan fingerprint density at radius 2 is 1.02 bits per heavy atom. The van der Waals surface area contributed by atoms with Crippen molar-refractivity contribution in [1.29, 1.82) is 0 Å². The second-order valence-electron chi connectivity index (χ2n) is 10.5. The Kier molecular flexibility index (Phi) is 5.68. The van der Waals surface area contributed by atoms with Crippen LogP contribution in [0.3, 0.4) is 0 Å². The van der Waals surface area contributed by atoms with Gasteiger partial charge in [-0.2, -0.15) is 0 Å². The van der Waals surface area contributed by atoms with Crippen LogP contribution in [0.1, 0.15) is 23.3 Å². The van der Waals surface area contributed by atoms with Gasteiger partial charge < -0.3 is 14.2 Å². The summed E-state index contributed by atoms with van der Waals surface area (Å²) in [5.41, 5.74) is 9.35. The van der Waals surface area contributed by atoms with Crippen LogP contribution in [0.15, 0.2) is 158 Å². The van der Waals surface area contributed by atoms with Gasteiger partial charge in [-0.25, -0.2) is 0 Å². The van der Waals surface area contributed by atoms with E-state index in [2.05, 4.69) is 161 Å². The highest BCUT2D eigenvalue weighted by Gasteiger charge is 2.41. The molecule has 41 heavy (non-hydrogen) atoms. The molecular weight excluding hydrogens is 500 g/mol. The molecule has 7 aromatic rings. The van der Waals surface area contributed by atoms with Crippen LogP contribution in [0.2, 0.25) is 0 Å². The number of anilines is 3. The summed E-state index contributed by atoms with van der Waals surface area (Å²) in [7, 11) is 0. The number of para-hydroxylation sites is 3. The smallest absolute Gasteiger partial charge is 0.114 e. The van der Waals surface area contributed by atoms with Gasteiger partial charge in [0.25, 0.3) is 0 Å². The zero-order valence-electron chi connectivity index (χ0n) is 22.5. The molecule has 1 fully saturated rings. The van der Waals surface area contributed by atoms with Gasteiger partial charge in [0.2, 0.25) is 0 Å². The molecular formula is C38H28N2O. The summed E-state index contributed by atoms with van der Waals surface area (Å²) >= 11 is 0. The molecule has 3 heteroatoms. The fraction of sp³-hybridized carbons (Fsp3) is 0.0526. The Morgan fingerprint density at radius 1 is 0.439 bits per heavy atom. The van der Waals surface area contributed by atoms with Gasteiger partial charge in [-0.15, -0.1) is 0 Å². The first-order valence-electron chi connectivity index (χ1n) is 14.1. The monoisotopic (exact) mass is 528 g/mol. The van der Waals surface area contributed by atoms with E-state index in [0.29, 0.717) is 0 Å². The first-order valence-corrected chi connectivity index (χ1v) is 14.1. The Hall–Kier alpha value is -5.12. The second kappa shape index (κ2) is 9.81. The minimum Gasteiger partial charge on any atom is -0.359 e. The number of epoxide rings is 1. The van der Waals surface area contributed by atoms with Crippen molar-refractivity contribution in [2.24, 2.45) is 0 Å². The predicted octanol–water partition coefficient (Wildman–Crippen LogP) is 10.1. The maximum atomic E-state index is 6.15. The number of ether oxygens (including phenoxy) is 1. The van der Waals surface area contributed by atoms with Crippen molar-refractivity contribution in [3.8, 4) is 5.69 Å². The van der Waals surface area contributed by atoms with Crippen LogP contribution in [0.25, 0.3) is 27.5 Å². The van der Waals surface area contributed by atoms with Crippen LogP contribution in [0.4, 0.5) is 17.1 Å². The van der Waals surface area contributed by atoms with Gasteiger partial charge in [-0.3, -0.25) is 0 Å². The lowest BCUT2D eigenvalue weighted by atomic mass is 10.0. The number of benzene rings is 6. The molecule has 0 aliphatic carbocycles. The highest BCUT2D eigenvalue weighted by molar-refractivity contribution is 6.10. The van der Waals surface area contributed by atoms with Crippen molar-refractivity contribution in [3.63, 3.8) is 0 Å². The molecule has 6 aromatic carbocycles. The average Bonchev–Trinajstić information content (AvgIpc) is 3.79. The molecule has 0 saturated carbocycles. The summed E-state index contributed by atoms with van der Waals surface area (Å²) < 4.78 is 8.53. The molecule has 8 rings (SSSR count). The molecule has 3 nitrogen and oxygen atoms in total. The predicted molar refractivity (Wildman–Crippen MR) is 168 cm³/mol. The number of hydrogen-bond donors (Lipinski definition) is 0. The van der Waals surface area contributed by atoms with E-state index < -0.39 is 0 Å². The maximum absolute atomic E-state index is 6.15. The van der Waals surface area contributed by atoms with Gasteiger partial charge in [0.1, 0.15) is 12.2 Å². The molecule has 0 radical (unpaired) electrons. The summed E-state index contributed by atoms with van der Waals surface area (Å²) in [5.74, 6) is 0. The lowest BCUT2D eigenvalue weighted by Gasteiger charge is -2.25. The SMILES string of the molecule is c1ccc(C2OC2c2cccc(-n3c4ccccc4c4cc(N(c5ccccc5)c5ccccc5)ccc43)c2)cc1. The lowest BCUT2D eigenvalue weighted by molar-refractivity contribution is 0.377. The second-order valence-corrected chi connectivity index (χ2v) is 10.5. The minimum atomic E-state index is 0.0855. The van der Waals surface area contributed by atoms with Crippen LogP contribution >= 0.6 is 0 Å². The maximum Gasteiger partial charge on any atom is 0.114 e. The normalized spacial score (nSPS) is 16.2. The largest absolute Gasteiger partial charge is 0.359 e. The van der Waals surface area contributed by atoms with Crippen molar-refractivity contribution < 1.29 is 4.74 Å². The average molecular weight is 529 g/mol. The van der Waals surface area contributed by atoms with E-state index in [-0.39, 0.29) is 12.2 Å². The first kappa shape index (κ1) is 23.7. The Labute approximate surface area is 239 Å². The van der Waals surface area contributed by atoms with Crippen LogP contribution in [0, 0.1) is 0 Å². The topological polar surface area (TPSA) is 20.7 Å². The molecule has 1 aliphatic rings. The molecule has 196 valence electrons. The van der Waals surface area contributed by atoms with Gasteiger partial charge in [0.15, 0.2) is 0 Å². The number of rotatable bonds is 6. The fourth-order valence-electron chi connectivity index (χ4n) is 6.08. The molecule has 0 spiro atoms. The lowest BCUT2D eigenvalue weighted by Crippen LogP contribution is -2.09. The molecule has 1 aliphatic heterocycles. The summed E-state index contributed by atoms with van der Waals surface area (Å²) in [4.78, 5) is 2.32. The zero-order valence-corrected chi connectivity index (χ0v) is 22.5.